The Kier molecular flexibility index (Phi) is 3.94. The number of esters is 1. The highest BCUT2D eigenvalue weighted by atomic mass is 16.6. The molecule has 0 saturated carbocycles. The van der Waals surface area contributed by atoms with Gasteiger partial charge in [-0.1, -0.05) is 0 Å². The first-order valence-corrected chi connectivity index (χ1v) is 7.50. The number of hydrogen-bond acceptors (Lipinski definition) is 5. The number of carbonyl (C=O) groups is 1. The zero-order chi connectivity index (χ0) is 15.7. The van der Waals surface area contributed by atoms with Crippen LogP contribution in [0.3, 0.4) is 0 Å². The third kappa shape index (κ3) is 2.62. The van der Waals surface area contributed by atoms with E-state index in [2.05, 4.69) is 27.9 Å². The lowest BCUT2D eigenvalue weighted by Gasteiger charge is -2.31. The summed E-state index contributed by atoms with van der Waals surface area (Å²) in [6, 6.07) is 4.15. The number of anilines is 1. The van der Waals surface area contributed by atoms with Gasteiger partial charge >= 0.3 is 5.97 Å². The van der Waals surface area contributed by atoms with Crippen LogP contribution in [0.15, 0.2) is 22.1 Å². The summed E-state index contributed by atoms with van der Waals surface area (Å²) in [6.07, 6.45) is 2.13. The standard InChI is InChI=1S/C16H19N3O3/c1-3-19-6-4-5-11-8-12(10(2)7-13(11)19)17-15-16(21)22-14(9-20)18-15/h7-8,20H,3-6,9H2,1-2H3/b17-15+. The number of aliphatic imine (C=N–C) groups is 2. The van der Waals surface area contributed by atoms with Crippen LogP contribution in [-0.4, -0.2) is 42.5 Å². The van der Waals surface area contributed by atoms with E-state index >= 15 is 0 Å². The maximum absolute atomic E-state index is 11.7. The van der Waals surface area contributed by atoms with Gasteiger partial charge in [0, 0.05) is 18.8 Å². The first-order valence-electron chi connectivity index (χ1n) is 7.50. The van der Waals surface area contributed by atoms with E-state index in [0.29, 0.717) is 0 Å². The molecule has 2 heterocycles. The fourth-order valence-corrected chi connectivity index (χ4v) is 2.84. The van der Waals surface area contributed by atoms with Crippen LogP contribution < -0.4 is 4.90 Å². The van der Waals surface area contributed by atoms with Gasteiger partial charge in [0.05, 0.1) is 5.69 Å². The molecule has 0 spiro atoms. The molecule has 0 aromatic heterocycles. The number of hydrogen-bond donors (Lipinski definition) is 1. The van der Waals surface area contributed by atoms with Crippen molar-refractivity contribution in [3.8, 4) is 0 Å². The largest absolute Gasteiger partial charge is 0.403 e. The second-order valence-corrected chi connectivity index (χ2v) is 5.44. The average molecular weight is 301 g/mol. The molecule has 6 heteroatoms. The van der Waals surface area contributed by atoms with E-state index in [0.717, 1.165) is 37.2 Å². The van der Waals surface area contributed by atoms with Crippen molar-refractivity contribution in [1.29, 1.82) is 0 Å². The minimum atomic E-state index is -0.614. The van der Waals surface area contributed by atoms with Crippen LogP contribution in [0.5, 0.6) is 0 Å². The van der Waals surface area contributed by atoms with Gasteiger partial charge in [0.1, 0.15) is 6.61 Å². The summed E-state index contributed by atoms with van der Waals surface area (Å²) in [5.41, 5.74) is 4.22. The second-order valence-electron chi connectivity index (χ2n) is 5.44. The second kappa shape index (κ2) is 5.88. The number of aryl methyl sites for hydroxylation is 2. The Morgan fingerprint density at radius 3 is 2.95 bits per heavy atom. The van der Waals surface area contributed by atoms with Gasteiger partial charge in [-0.2, -0.15) is 4.99 Å². The monoisotopic (exact) mass is 301 g/mol. The number of cyclic esters (lactones) is 1. The molecule has 0 radical (unpaired) electrons. The van der Waals surface area contributed by atoms with Crippen LogP contribution >= 0.6 is 0 Å². The van der Waals surface area contributed by atoms with E-state index in [4.69, 9.17) is 9.84 Å². The van der Waals surface area contributed by atoms with Gasteiger partial charge in [-0.05, 0) is 49.9 Å². The first-order chi connectivity index (χ1) is 10.6. The van der Waals surface area contributed by atoms with Crippen LogP contribution in [0.25, 0.3) is 0 Å². The minimum Gasteiger partial charge on any atom is -0.403 e. The Labute approximate surface area is 129 Å². The van der Waals surface area contributed by atoms with Gasteiger partial charge in [-0.25, -0.2) is 9.79 Å². The maximum Gasteiger partial charge on any atom is 0.383 e. The van der Waals surface area contributed by atoms with Crippen LogP contribution in [0.1, 0.15) is 24.5 Å². The Morgan fingerprint density at radius 2 is 2.27 bits per heavy atom. The Hall–Kier alpha value is -2.21. The topological polar surface area (TPSA) is 74.5 Å². The number of nitrogens with zero attached hydrogens (tertiary/aromatic N) is 3. The third-order valence-electron chi connectivity index (χ3n) is 3.98. The highest BCUT2D eigenvalue weighted by molar-refractivity contribution is 6.42. The third-order valence-corrected chi connectivity index (χ3v) is 3.98. The fraction of sp³-hybridized carbons (Fsp3) is 0.438. The molecule has 1 aromatic rings. The molecule has 1 N–H and O–H groups in total. The summed E-state index contributed by atoms with van der Waals surface area (Å²) in [5.74, 6) is -0.622. The summed E-state index contributed by atoms with van der Waals surface area (Å²) < 4.78 is 4.80. The van der Waals surface area contributed by atoms with Gasteiger partial charge in [0.15, 0.2) is 0 Å². The van der Waals surface area contributed by atoms with Gasteiger partial charge in [-0.3, -0.25) is 0 Å². The van der Waals surface area contributed by atoms with Crippen LogP contribution in [0.4, 0.5) is 11.4 Å². The molecule has 0 bridgehead atoms. The molecule has 0 atom stereocenters. The molecular formula is C16H19N3O3. The van der Waals surface area contributed by atoms with Gasteiger partial charge < -0.3 is 14.7 Å². The number of amidine groups is 1. The lowest BCUT2D eigenvalue weighted by Crippen LogP contribution is -2.28. The molecule has 22 heavy (non-hydrogen) atoms. The highest BCUT2D eigenvalue weighted by Crippen LogP contribution is 2.33. The Balaban J connectivity index is 1.99. The van der Waals surface area contributed by atoms with Crippen molar-refractivity contribution in [1.82, 2.24) is 0 Å². The summed E-state index contributed by atoms with van der Waals surface area (Å²) in [7, 11) is 0. The van der Waals surface area contributed by atoms with Gasteiger partial charge in [0.2, 0.25) is 11.7 Å². The van der Waals surface area contributed by atoms with Crippen molar-refractivity contribution in [2.75, 3.05) is 24.6 Å². The SMILES string of the molecule is CCN1CCCc2cc(/N=C3/N=C(CO)OC3=O)c(C)cc21. The quantitative estimate of drug-likeness (QED) is 0.863. The number of ether oxygens (including phenoxy) is 1. The van der Waals surface area contributed by atoms with Crippen molar-refractivity contribution in [3.63, 3.8) is 0 Å². The molecule has 0 aliphatic carbocycles. The molecule has 6 nitrogen and oxygen atoms in total. The molecule has 0 fully saturated rings. The van der Waals surface area contributed by atoms with Gasteiger partial charge in [0.25, 0.3) is 0 Å². The molecule has 3 rings (SSSR count). The van der Waals surface area contributed by atoms with Crippen molar-refractivity contribution in [2.24, 2.45) is 9.98 Å². The molecule has 2 aliphatic rings. The van der Waals surface area contributed by atoms with E-state index < -0.39 is 12.6 Å². The first kappa shape index (κ1) is 14.7. The van der Waals surface area contributed by atoms with Crippen LogP contribution in [-0.2, 0) is 16.0 Å². The zero-order valence-electron chi connectivity index (χ0n) is 12.8. The Morgan fingerprint density at radius 1 is 1.45 bits per heavy atom. The molecule has 0 unspecified atom stereocenters. The summed E-state index contributed by atoms with van der Waals surface area (Å²) in [5, 5.41) is 8.97. The Bertz CT molecular complexity index is 679. The maximum atomic E-state index is 11.7. The molecular weight excluding hydrogens is 282 g/mol. The predicted octanol–water partition coefficient (Wildman–Crippen LogP) is 1.75. The molecule has 1 aromatic carbocycles. The average Bonchev–Trinajstić information content (AvgIpc) is 2.88. The zero-order valence-corrected chi connectivity index (χ0v) is 12.8. The normalized spacial score (nSPS) is 19.2. The number of fused-ring (bicyclic) bond motifs is 1. The number of aliphatic hydroxyl groups is 1. The minimum absolute atomic E-state index is 0.00322. The number of rotatable bonds is 3. The van der Waals surface area contributed by atoms with E-state index in [1.807, 2.05) is 13.0 Å². The van der Waals surface area contributed by atoms with Gasteiger partial charge in [-0.15, -0.1) is 0 Å². The van der Waals surface area contributed by atoms with E-state index in [1.54, 1.807) is 0 Å². The molecule has 0 saturated heterocycles. The smallest absolute Gasteiger partial charge is 0.383 e. The highest BCUT2D eigenvalue weighted by Gasteiger charge is 2.25. The molecule has 116 valence electrons. The number of carbonyl (C=O) groups excluding carboxylic acids is 1. The lowest BCUT2D eigenvalue weighted by molar-refractivity contribution is -0.127. The summed E-state index contributed by atoms with van der Waals surface area (Å²) in [6.45, 7) is 5.78. The van der Waals surface area contributed by atoms with Crippen molar-refractivity contribution < 1.29 is 14.6 Å². The lowest BCUT2D eigenvalue weighted by atomic mass is 9.98. The van der Waals surface area contributed by atoms with Crippen molar-refractivity contribution in [3.05, 3.63) is 23.3 Å². The predicted molar refractivity (Wildman–Crippen MR) is 85.1 cm³/mol. The molecule has 0 amide bonds. The number of aliphatic hydroxyl groups excluding tert-OH is 1. The van der Waals surface area contributed by atoms with Crippen LogP contribution in [0.2, 0.25) is 0 Å². The summed E-state index contributed by atoms with van der Waals surface area (Å²) in [4.78, 5) is 22.2. The van der Waals surface area contributed by atoms with E-state index in [9.17, 15) is 4.79 Å². The van der Waals surface area contributed by atoms with Crippen molar-refractivity contribution in [2.45, 2.75) is 26.7 Å². The number of benzene rings is 1. The molecule has 2 aliphatic heterocycles. The fourth-order valence-electron chi connectivity index (χ4n) is 2.84. The van der Waals surface area contributed by atoms with Crippen molar-refractivity contribution >= 4 is 29.1 Å². The van der Waals surface area contributed by atoms with E-state index in [1.165, 1.54) is 11.3 Å². The van der Waals surface area contributed by atoms with Crippen LogP contribution in [0, 0.1) is 6.92 Å². The van der Waals surface area contributed by atoms with E-state index in [-0.39, 0.29) is 11.7 Å². The summed E-state index contributed by atoms with van der Waals surface area (Å²) >= 11 is 0.